The third-order valence-electron chi connectivity index (χ3n) is 5.02. The van der Waals surface area contributed by atoms with Crippen LogP contribution in [-0.2, 0) is 4.79 Å². The molecule has 0 saturated carbocycles. The van der Waals surface area contributed by atoms with E-state index in [1.165, 1.54) is 5.56 Å². The van der Waals surface area contributed by atoms with Gasteiger partial charge in [-0.1, -0.05) is 43.4 Å². The molecular weight excluding hydrogens is 384 g/mol. The number of benzene rings is 3. The topological polar surface area (TPSA) is 58.2 Å². The number of aryl methyl sites for hydroxylation is 1. The van der Waals surface area contributed by atoms with Crippen molar-refractivity contribution in [1.29, 1.82) is 0 Å². The minimum atomic E-state index is -0.210. The number of hydrogen-bond acceptors (Lipinski definition) is 2. The van der Waals surface area contributed by atoms with Crippen molar-refractivity contribution in [3.8, 4) is 11.8 Å². The fourth-order valence-corrected chi connectivity index (χ4v) is 2.78. The Morgan fingerprint density at radius 1 is 0.774 bits per heavy atom. The monoisotopic (exact) mass is 410 g/mol. The normalized spacial score (nSPS) is 11.1. The van der Waals surface area contributed by atoms with E-state index in [9.17, 15) is 9.59 Å². The van der Waals surface area contributed by atoms with Crippen molar-refractivity contribution in [2.24, 2.45) is 5.92 Å². The van der Waals surface area contributed by atoms with Crippen molar-refractivity contribution in [1.82, 2.24) is 0 Å². The van der Waals surface area contributed by atoms with Gasteiger partial charge in [0.05, 0.1) is 0 Å². The third kappa shape index (κ3) is 6.32. The fourth-order valence-electron chi connectivity index (χ4n) is 2.78. The Morgan fingerprint density at radius 3 is 1.81 bits per heavy atom. The van der Waals surface area contributed by atoms with Gasteiger partial charge in [0, 0.05) is 34.0 Å². The molecule has 2 amide bonds. The standard InChI is InChI=1S/C27H26N2O2/c1-4-20(3)26(30)28-25-17-13-23(14-18-25)27(31)29-24-15-11-22(12-16-24)10-9-21-7-5-19(2)6-8-21/h5-8,11-18,20H,4H2,1-3H3,(H,28,30)(H,29,31). The molecule has 0 aliphatic carbocycles. The van der Waals surface area contributed by atoms with E-state index < -0.39 is 0 Å². The van der Waals surface area contributed by atoms with Crippen LogP contribution in [-0.4, -0.2) is 11.8 Å². The van der Waals surface area contributed by atoms with Gasteiger partial charge in [-0.2, -0.15) is 0 Å². The average molecular weight is 411 g/mol. The van der Waals surface area contributed by atoms with E-state index in [4.69, 9.17) is 0 Å². The Bertz CT molecular complexity index is 1100. The number of carbonyl (C=O) groups is 2. The molecule has 3 aromatic rings. The molecule has 0 spiro atoms. The van der Waals surface area contributed by atoms with Gasteiger partial charge in [0.2, 0.25) is 5.91 Å². The van der Waals surface area contributed by atoms with Gasteiger partial charge in [-0.05, 0) is 74.0 Å². The highest BCUT2D eigenvalue weighted by Gasteiger charge is 2.11. The number of amides is 2. The van der Waals surface area contributed by atoms with Crippen LogP contribution in [0.15, 0.2) is 72.8 Å². The molecule has 2 N–H and O–H groups in total. The summed E-state index contributed by atoms with van der Waals surface area (Å²) in [6.07, 6.45) is 0.780. The second-order valence-electron chi connectivity index (χ2n) is 7.52. The molecule has 4 heteroatoms. The van der Waals surface area contributed by atoms with Crippen LogP contribution in [0.2, 0.25) is 0 Å². The molecule has 0 bridgehead atoms. The summed E-state index contributed by atoms with van der Waals surface area (Å²) >= 11 is 0. The van der Waals surface area contributed by atoms with E-state index in [0.717, 1.165) is 17.5 Å². The smallest absolute Gasteiger partial charge is 0.255 e. The minimum Gasteiger partial charge on any atom is -0.326 e. The highest BCUT2D eigenvalue weighted by atomic mass is 16.2. The second kappa shape index (κ2) is 10.3. The van der Waals surface area contributed by atoms with Crippen LogP contribution in [0.25, 0.3) is 0 Å². The van der Waals surface area contributed by atoms with Gasteiger partial charge in [-0.25, -0.2) is 0 Å². The fraction of sp³-hybridized carbons (Fsp3) is 0.185. The maximum atomic E-state index is 12.5. The van der Waals surface area contributed by atoms with Crippen LogP contribution in [0.1, 0.15) is 47.3 Å². The van der Waals surface area contributed by atoms with Crippen LogP contribution in [0.5, 0.6) is 0 Å². The summed E-state index contributed by atoms with van der Waals surface area (Å²) in [6, 6.07) is 22.4. The zero-order valence-corrected chi connectivity index (χ0v) is 18.0. The molecule has 0 aliphatic heterocycles. The lowest BCUT2D eigenvalue weighted by atomic mass is 10.1. The molecule has 156 valence electrons. The Balaban J connectivity index is 1.59. The van der Waals surface area contributed by atoms with Crippen molar-refractivity contribution < 1.29 is 9.59 Å². The molecule has 1 atom stereocenters. The molecule has 31 heavy (non-hydrogen) atoms. The van der Waals surface area contributed by atoms with Gasteiger partial charge in [0.15, 0.2) is 0 Å². The van der Waals surface area contributed by atoms with Crippen molar-refractivity contribution in [2.45, 2.75) is 27.2 Å². The van der Waals surface area contributed by atoms with Gasteiger partial charge < -0.3 is 10.6 Å². The van der Waals surface area contributed by atoms with Crippen LogP contribution < -0.4 is 10.6 Å². The first-order valence-corrected chi connectivity index (χ1v) is 10.4. The first-order valence-electron chi connectivity index (χ1n) is 10.4. The van der Waals surface area contributed by atoms with E-state index in [-0.39, 0.29) is 17.7 Å². The summed E-state index contributed by atoms with van der Waals surface area (Å²) in [6.45, 7) is 5.90. The van der Waals surface area contributed by atoms with Crippen molar-refractivity contribution >= 4 is 23.2 Å². The SMILES string of the molecule is CCC(C)C(=O)Nc1ccc(C(=O)Nc2ccc(C#Cc3ccc(C)cc3)cc2)cc1. The number of carbonyl (C=O) groups excluding carboxylic acids is 2. The Hall–Kier alpha value is -3.84. The molecule has 4 nitrogen and oxygen atoms in total. The largest absolute Gasteiger partial charge is 0.326 e. The van der Waals surface area contributed by atoms with Crippen LogP contribution in [0, 0.1) is 24.7 Å². The minimum absolute atomic E-state index is 0.0229. The summed E-state index contributed by atoms with van der Waals surface area (Å²) in [7, 11) is 0. The van der Waals surface area contributed by atoms with E-state index in [1.807, 2.05) is 69.3 Å². The molecule has 0 heterocycles. The maximum Gasteiger partial charge on any atom is 0.255 e. The van der Waals surface area contributed by atoms with Crippen LogP contribution in [0.3, 0.4) is 0 Å². The predicted molar refractivity (Wildman–Crippen MR) is 126 cm³/mol. The van der Waals surface area contributed by atoms with E-state index in [1.54, 1.807) is 24.3 Å². The highest BCUT2D eigenvalue weighted by molar-refractivity contribution is 6.04. The summed E-state index contributed by atoms with van der Waals surface area (Å²) in [5.74, 6) is 5.98. The number of rotatable bonds is 5. The van der Waals surface area contributed by atoms with Crippen molar-refractivity contribution in [2.75, 3.05) is 10.6 Å². The Morgan fingerprint density at radius 2 is 1.26 bits per heavy atom. The lowest BCUT2D eigenvalue weighted by Gasteiger charge is -2.10. The van der Waals surface area contributed by atoms with Gasteiger partial charge >= 0.3 is 0 Å². The predicted octanol–water partition coefficient (Wildman–Crippen LogP) is 5.63. The Kier molecular flexibility index (Phi) is 7.24. The van der Waals surface area contributed by atoms with Crippen LogP contribution in [0.4, 0.5) is 11.4 Å². The molecule has 1 unspecified atom stereocenters. The van der Waals surface area contributed by atoms with E-state index >= 15 is 0 Å². The lowest BCUT2D eigenvalue weighted by molar-refractivity contribution is -0.119. The zero-order valence-electron chi connectivity index (χ0n) is 18.0. The highest BCUT2D eigenvalue weighted by Crippen LogP contribution is 2.15. The lowest BCUT2D eigenvalue weighted by Crippen LogP contribution is -2.19. The van der Waals surface area contributed by atoms with E-state index in [2.05, 4.69) is 22.5 Å². The molecular formula is C27H26N2O2. The quantitative estimate of drug-likeness (QED) is 0.536. The van der Waals surface area contributed by atoms with E-state index in [0.29, 0.717) is 16.9 Å². The maximum absolute atomic E-state index is 12.5. The summed E-state index contributed by atoms with van der Waals surface area (Å²) in [4.78, 5) is 24.5. The molecule has 3 rings (SSSR count). The summed E-state index contributed by atoms with van der Waals surface area (Å²) in [5.41, 5.74) is 4.94. The second-order valence-corrected chi connectivity index (χ2v) is 7.52. The first kappa shape index (κ1) is 21.9. The first-order chi connectivity index (χ1) is 14.9. The molecule has 3 aromatic carbocycles. The van der Waals surface area contributed by atoms with Crippen molar-refractivity contribution in [3.63, 3.8) is 0 Å². The number of anilines is 2. The third-order valence-corrected chi connectivity index (χ3v) is 5.02. The summed E-state index contributed by atoms with van der Waals surface area (Å²) in [5, 5.41) is 5.74. The van der Waals surface area contributed by atoms with Gasteiger partial charge in [0.25, 0.3) is 5.91 Å². The average Bonchev–Trinajstić information content (AvgIpc) is 2.79. The molecule has 0 aliphatic rings. The molecule has 0 radical (unpaired) electrons. The van der Waals surface area contributed by atoms with Gasteiger partial charge in [-0.3, -0.25) is 9.59 Å². The molecule has 0 fully saturated rings. The molecule has 0 saturated heterocycles. The van der Waals surface area contributed by atoms with Gasteiger partial charge in [0.1, 0.15) is 0 Å². The van der Waals surface area contributed by atoms with Crippen LogP contribution >= 0.6 is 0 Å². The molecule has 0 aromatic heterocycles. The zero-order chi connectivity index (χ0) is 22.2. The summed E-state index contributed by atoms with van der Waals surface area (Å²) < 4.78 is 0. The number of nitrogens with one attached hydrogen (secondary N) is 2. The Labute approximate surface area is 183 Å². The van der Waals surface area contributed by atoms with Crippen molar-refractivity contribution in [3.05, 3.63) is 95.1 Å². The number of hydrogen-bond donors (Lipinski definition) is 2. The van der Waals surface area contributed by atoms with Gasteiger partial charge in [-0.15, -0.1) is 0 Å².